The molecule has 2 aliphatic heterocycles. The van der Waals surface area contributed by atoms with Gasteiger partial charge in [0.25, 0.3) is 5.91 Å². The van der Waals surface area contributed by atoms with Gasteiger partial charge in [0.1, 0.15) is 12.1 Å². The highest BCUT2D eigenvalue weighted by atomic mass is 16.6. The first-order chi connectivity index (χ1) is 16.5. The molecule has 2 fully saturated rings. The highest BCUT2D eigenvalue weighted by molar-refractivity contribution is 6.05. The second-order valence-electron chi connectivity index (χ2n) is 9.14. The van der Waals surface area contributed by atoms with Crippen LogP contribution in [0.15, 0.2) is 48.5 Å². The number of carbonyl (C=O) groups is 4. The van der Waals surface area contributed by atoms with Crippen LogP contribution in [0.3, 0.4) is 0 Å². The number of carbonyl (C=O) groups excluding carboxylic acids is 4. The van der Waals surface area contributed by atoms with Gasteiger partial charge >= 0.3 is 6.09 Å². The summed E-state index contributed by atoms with van der Waals surface area (Å²) in [7, 11) is 0. The van der Waals surface area contributed by atoms with Crippen molar-refractivity contribution < 1.29 is 23.9 Å². The van der Waals surface area contributed by atoms with E-state index in [0.29, 0.717) is 18.5 Å². The van der Waals surface area contributed by atoms with Crippen molar-refractivity contribution in [1.82, 2.24) is 15.5 Å². The van der Waals surface area contributed by atoms with E-state index in [1.807, 2.05) is 30.3 Å². The Balaban J connectivity index is 1.18. The Hall–Kier alpha value is -3.68. The predicted octanol–water partition coefficient (Wildman–Crippen LogP) is 3.01. The van der Waals surface area contributed by atoms with Crippen molar-refractivity contribution in [2.75, 3.05) is 0 Å². The van der Waals surface area contributed by atoms with Crippen molar-refractivity contribution in [2.24, 2.45) is 0 Å². The fourth-order valence-electron chi connectivity index (χ4n) is 5.21. The molecule has 0 spiro atoms. The second kappa shape index (κ2) is 9.29. The molecule has 34 heavy (non-hydrogen) atoms. The van der Waals surface area contributed by atoms with Crippen LogP contribution in [0.25, 0.3) is 0 Å². The van der Waals surface area contributed by atoms with Crippen molar-refractivity contribution in [1.29, 1.82) is 0 Å². The molecule has 8 nitrogen and oxygen atoms in total. The number of benzene rings is 2. The lowest BCUT2D eigenvalue weighted by atomic mass is 9.96. The number of fused-ring (bicyclic) bond motifs is 1. The summed E-state index contributed by atoms with van der Waals surface area (Å²) >= 11 is 0. The third kappa shape index (κ3) is 4.40. The largest absolute Gasteiger partial charge is 0.446 e. The highest BCUT2D eigenvalue weighted by Crippen LogP contribution is 2.36. The maximum Gasteiger partial charge on any atom is 0.407 e. The molecule has 2 heterocycles. The van der Waals surface area contributed by atoms with Gasteiger partial charge in [-0.25, -0.2) is 4.79 Å². The number of rotatable bonds is 5. The van der Waals surface area contributed by atoms with Gasteiger partial charge in [-0.15, -0.1) is 0 Å². The number of piperidine rings is 1. The maximum atomic E-state index is 13.0. The van der Waals surface area contributed by atoms with Gasteiger partial charge < -0.3 is 15.0 Å². The van der Waals surface area contributed by atoms with Gasteiger partial charge in [-0.3, -0.25) is 19.7 Å². The zero-order valence-electron chi connectivity index (χ0n) is 18.8. The molecule has 5 rings (SSSR count). The quantitative estimate of drug-likeness (QED) is 0.666. The zero-order chi connectivity index (χ0) is 23.7. The van der Waals surface area contributed by atoms with Crippen molar-refractivity contribution in [3.05, 3.63) is 70.8 Å². The lowest BCUT2D eigenvalue weighted by molar-refractivity contribution is -0.136. The summed E-state index contributed by atoms with van der Waals surface area (Å²) in [6, 6.07) is 15.0. The Bertz CT molecular complexity index is 1130. The van der Waals surface area contributed by atoms with E-state index >= 15 is 0 Å². The van der Waals surface area contributed by atoms with Crippen LogP contribution in [0.4, 0.5) is 4.79 Å². The van der Waals surface area contributed by atoms with Gasteiger partial charge in [0.05, 0.1) is 0 Å². The van der Waals surface area contributed by atoms with Gasteiger partial charge in [-0.1, -0.05) is 42.5 Å². The maximum absolute atomic E-state index is 13.0. The third-order valence-electron chi connectivity index (χ3n) is 6.97. The minimum absolute atomic E-state index is 0.147. The molecule has 0 aromatic heterocycles. The molecule has 1 aliphatic carbocycles. The average Bonchev–Trinajstić information content (AvgIpc) is 3.42. The Kier molecular flexibility index (Phi) is 6.04. The summed E-state index contributed by atoms with van der Waals surface area (Å²) in [5.41, 5.74) is 3.32. The van der Waals surface area contributed by atoms with Crippen LogP contribution in [0.2, 0.25) is 0 Å². The molecule has 2 aromatic carbocycles. The predicted molar refractivity (Wildman–Crippen MR) is 123 cm³/mol. The first kappa shape index (κ1) is 22.1. The SMILES string of the molecule is O=C1CCC(N2Cc3ccc(CNC(=O)O[C@@H]4CCC[C@H]4c4ccccc4)cc3C2=O)C(=O)N1. The molecular formula is C26H27N3O5. The van der Waals surface area contributed by atoms with E-state index in [1.54, 1.807) is 6.07 Å². The van der Waals surface area contributed by atoms with E-state index in [4.69, 9.17) is 4.74 Å². The molecule has 1 saturated carbocycles. The molecule has 0 radical (unpaired) electrons. The first-order valence-electron chi connectivity index (χ1n) is 11.8. The molecule has 176 valence electrons. The Morgan fingerprint density at radius 1 is 1.06 bits per heavy atom. The van der Waals surface area contributed by atoms with E-state index in [0.717, 1.165) is 30.4 Å². The molecule has 1 saturated heterocycles. The second-order valence-corrected chi connectivity index (χ2v) is 9.14. The van der Waals surface area contributed by atoms with Crippen LogP contribution < -0.4 is 10.6 Å². The van der Waals surface area contributed by atoms with E-state index in [1.165, 1.54) is 10.5 Å². The summed E-state index contributed by atoms with van der Waals surface area (Å²) in [6.45, 7) is 0.569. The van der Waals surface area contributed by atoms with Gasteiger partial charge in [0.15, 0.2) is 0 Å². The van der Waals surface area contributed by atoms with Crippen molar-refractivity contribution in [3.63, 3.8) is 0 Å². The van der Waals surface area contributed by atoms with E-state index in [9.17, 15) is 19.2 Å². The number of amides is 4. The number of imide groups is 1. The summed E-state index contributed by atoms with van der Waals surface area (Å²) in [5, 5.41) is 5.11. The minimum atomic E-state index is -0.641. The normalized spacial score (nSPS) is 24.1. The Morgan fingerprint density at radius 3 is 2.68 bits per heavy atom. The van der Waals surface area contributed by atoms with E-state index < -0.39 is 18.0 Å². The van der Waals surface area contributed by atoms with Crippen LogP contribution in [-0.2, 0) is 27.4 Å². The van der Waals surface area contributed by atoms with Crippen molar-refractivity contribution in [3.8, 4) is 0 Å². The Morgan fingerprint density at radius 2 is 1.88 bits per heavy atom. The molecule has 2 aromatic rings. The van der Waals surface area contributed by atoms with Crippen LogP contribution in [0.1, 0.15) is 65.1 Å². The van der Waals surface area contributed by atoms with Crippen LogP contribution >= 0.6 is 0 Å². The number of nitrogens with zero attached hydrogens (tertiary/aromatic N) is 1. The molecule has 8 heteroatoms. The van der Waals surface area contributed by atoms with Crippen molar-refractivity contribution in [2.45, 2.75) is 63.3 Å². The molecular weight excluding hydrogens is 434 g/mol. The lowest BCUT2D eigenvalue weighted by Crippen LogP contribution is -2.52. The highest BCUT2D eigenvalue weighted by Gasteiger charge is 2.39. The van der Waals surface area contributed by atoms with Crippen molar-refractivity contribution >= 4 is 23.8 Å². The monoisotopic (exact) mass is 461 g/mol. The van der Waals surface area contributed by atoms with Gasteiger partial charge in [0, 0.05) is 31.0 Å². The fraction of sp³-hybridized carbons (Fsp3) is 0.385. The topological polar surface area (TPSA) is 105 Å². The van der Waals surface area contributed by atoms with Gasteiger partial charge in [-0.2, -0.15) is 0 Å². The number of ether oxygens (including phenoxy) is 1. The first-order valence-corrected chi connectivity index (χ1v) is 11.8. The van der Waals surface area contributed by atoms with E-state index in [2.05, 4.69) is 22.8 Å². The number of alkyl carbamates (subject to hydrolysis) is 1. The zero-order valence-corrected chi connectivity index (χ0v) is 18.8. The molecule has 4 amide bonds. The molecule has 3 aliphatic rings. The third-order valence-corrected chi connectivity index (χ3v) is 6.97. The van der Waals surface area contributed by atoms with Crippen LogP contribution in [0, 0.1) is 0 Å². The average molecular weight is 462 g/mol. The van der Waals surface area contributed by atoms with Gasteiger partial charge in [0.2, 0.25) is 11.8 Å². The molecule has 2 N–H and O–H groups in total. The smallest absolute Gasteiger partial charge is 0.407 e. The lowest BCUT2D eigenvalue weighted by Gasteiger charge is -2.29. The summed E-state index contributed by atoms with van der Waals surface area (Å²) < 4.78 is 5.73. The molecule has 1 unspecified atom stereocenters. The Labute approximate surface area is 197 Å². The van der Waals surface area contributed by atoms with Crippen LogP contribution in [0.5, 0.6) is 0 Å². The summed E-state index contributed by atoms with van der Waals surface area (Å²) in [5.74, 6) is -0.755. The number of hydrogen-bond acceptors (Lipinski definition) is 5. The standard InChI is InChI=1S/C26H27N3O5/c30-23-12-11-21(24(31)28-23)29-15-18-10-9-16(13-20(18)25(29)32)14-27-26(33)34-22-8-4-7-19(22)17-5-2-1-3-6-17/h1-3,5-6,9-10,13,19,21-22H,4,7-8,11-12,14-15H2,(H,27,33)(H,28,30,31)/t19-,21?,22+/m0/s1. The molecule has 0 bridgehead atoms. The minimum Gasteiger partial charge on any atom is -0.446 e. The summed E-state index contributed by atoms with van der Waals surface area (Å²) in [4.78, 5) is 50.6. The van der Waals surface area contributed by atoms with E-state index in [-0.39, 0.29) is 36.8 Å². The number of hydrogen-bond donors (Lipinski definition) is 2. The van der Waals surface area contributed by atoms with Gasteiger partial charge in [-0.05, 0) is 48.4 Å². The molecule has 3 atom stereocenters. The summed E-state index contributed by atoms with van der Waals surface area (Å²) in [6.07, 6.45) is 2.80. The number of nitrogens with one attached hydrogen (secondary N) is 2. The van der Waals surface area contributed by atoms with Crippen LogP contribution in [-0.4, -0.2) is 40.9 Å². The fourth-order valence-corrected chi connectivity index (χ4v) is 5.21.